The third-order valence-corrected chi connectivity index (χ3v) is 2.05. The number of hydrogen-bond donors (Lipinski definition) is 0. The topological polar surface area (TPSA) is 12.5 Å². The van der Waals surface area contributed by atoms with Gasteiger partial charge in [0.1, 0.15) is 6.23 Å². The van der Waals surface area contributed by atoms with E-state index < -0.39 is 0 Å². The Bertz CT molecular complexity index is 223. The number of rotatable bonds is 3. The molecule has 1 atom stereocenters. The van der Waals surface area contributed by atoms with Crippen molar-refractivity contribution in [3.05, 3.63) is 30.3 Å². The van der Waals surface area contributed by atoms with E-state index in [-0.39, 0.29) is 6.23 Å². The first-order chi connectivity index (χ1) is 5.75. The Morgan fingerprint density at radius 3 is 2.33 bits per heavy atom. The van der Waals surface area contributed by atoms with E-state index in [1.807, 2.05) is 32.2 Å². The standard InChI is InChI=1S/C10H15NO/c1-9(12-3)11(2)10-7-5-4-6-8-10/h4-9H,1-3H3. The number of anilines is 1. The lowest BCUT2D eigenvalue weighted by Crippen LogP contribution is -2.29. The van der Waals surface area contributed by atoms with Crippen molar-refractivity contribution in [3.63, 3.8) is 0 Å². The van der Waals surface area contributed by atoms with Gasteiger partial charge in [0.25, 0.3) is 0 Å². The largest absolute Gasteiger partial charge is 0.362 e. The highest BCUT2D eigenvalue weighted by molar-refractivity contribution is 5.45. The molecule has 1 rings (SSSR count). The van der Waals surface area contributed by atoms with Crippen molar-refractivity contribution in [2.24, 2.45) is 0 Å². The molecule has 2 nitrogen and oxygen atoms in total. The normalized spacial score (nSPS) is 12.6. The molecular weight excluding hydrogens is 150 g/mol. The van der Waals surface area contributed by atoms with Crippen LogP contribution in [0.4, 0.5) is 5.69 Å². The van der Waals surface area contributed by atoms with Crippen LogP contribution in [-0.4, -0.2) is 20.4 Å². The number of benzene rings is 1. The Labute approximate surface area is 73.8 Å². The van der Waals surface area contributed by atoms with Gasteiger partial charge in [0.15, 0.2) is 0 Å². The molecule has 12 heavy (non-hydrogen) atoms. The summed E-state index contributed by atoms with van der Waals surface area (Å²) in [4.78, 5) is 2.08. The third-order valence-electron chi connectivity index (χ3n) is 2.05. The maximum atomic E-state index is 5.19. The monoisotopic (exact) mass is 165 g/mol. The van der Waals surface area contributed by atoms with Crippen LogP contribution in [-0.2, 0) is 4.74 Å². The first-order valence-corrected chi connectivity index (χ1v) is 4.06. The maximum Gasteiger partial charge on any atom is 0.126 e. The highest BCUT2D eigenvalue weighted by Crippen LogP contribution is 2.13. The smallest absolute Gasteiger partial charge is 0.126 e. The Morgan fingerprint density at radius 1 is 1.25 bits per heavy atom. The maximum absolute atomic E-state index is 5.19. The van der Waals surface area contributed by atoms with Crippen LogP contribution in [0.3, 0.4) is 0 Å². The fourth-order valence-corrected chi connectivity index (χ4v) is 1.03. The van der Waals surface area contributed by atoms with Gasteiger partial charge < -0.3 is 9.64 Å². The summed E-state index contributed by atoms with van der Waals surface area (Å²) in [6.45, 7) is 2.02. The zero-order chi connectivity index (χ0) is 8.97. The summed E-state index contributed by atoms with van der Waals surface area (Å²) >= 11 is 0. The van der Waals surface area contributed by atoms with Crippen LogP contribution >= 0.6 is 0 Å². The number of ether oxygens (including phenoxy) is 1. The SMILES string of the molecule is COC(C)N(C)c1ccccc1. The van der Waals surface area contributed by atoms with Crippen LogP contribution in [0.15, 0.2) is 30.3 Å². The van der Waals surface area contributed by atoms with Gasteiger partial charge in [-0.3, -0.25) is 0 Å². The van der Waals surface area contributed by atoms with Crippen molar-refractivity contribution in [3.8, 4) is 0 Å². The minimum absolute atomic E-state index is 0.118. The summed E-state index contributed by atoms with van der Waals surface area (Å²) in [6.07, 6.45) is 0.118. The second-order valence-electron chi connectivity index (χ2n) is 2.78. The van der Waals surface area contributed by atoms with Gasteiger partial charge >= 0.3 is 0 Å². The van der Waals surface area contributed by atoms with Gasteiger partial charge in [0.2, 0.25) is 0 Å². The van der Waals surface area contributed by atoms with E-state index in [0.29, 0.717) is 0 Å². The number of methoxy groups -OCH3 is 1. The van der Waals surface area contributed by atoms with Crippen molar-refractivity contribution in [2.75, 3.05) is 19.1 Å². The molecule has 0 aliphatic heterocycles. The van der Waals surface area contributed by atoms with E-state index in [4.69, 9.17) is 4.74 Å². The van der Waals surface area contributed by atoms with Crippen LogP contribution in [0.5, 0.6) is 0 Å². The molecule has 1 aromatic rings. The summed E-state index contributed by atoms with van der Waals surface area (Å²) in [5.41, 5.74) is 1.17. The molecule has 0 bridgehead atoms. The number of para-hydroxylation sites is 1. The molecule has 0 aliphatic carbocycles. The molecule has 0 radical (unpaired) electrons. The van der Waals surface area contributed by atoms with Crippen molar-refractivity contribution in [2.45, 2.75) is 13.2 Å². The average molecular weight is 165 g/mol. The molecule has 0 amide bonds. The summed E-state index contributed by atoms with van der Waals surface area (Å²) in [6, 6.07) is 10.2. The first kappa shape index (κ1) is 9.07. The fraction of sp³-hybridized carbons (Fsp3) is 0.400. The van der Waals surface area contributed by atoms with Crippen molar-refractivity contribution in [1.82, 2.24) is 0 Å². The summed E-state index contributed by atoms with van der Waals surface area (Å²) in [5, 5.41) is 0. The van der Waals surface area contributed by atoms with Crippen molar-refractivity contribution < 1.29 is 4.74 Å². The van der Waals surface area contributed by atoms with Gasteiger partial charge in [-0.05, 0) is 19.1 Å². The average Bonchev–Trinajstić information content (AvgIpc) is 2.17. The molecule has 0 N–H and O–H groups in total. The van der Waals surface area contributed by atoms with E-state index >= 15 is 0 Å². The molecule has 0 aromatic heterocycles. The van der Waals surface area contributed by atoms with Crippen LogP contribution in [0, 0.1) is 0 Å². The molecule has 0 spiro atoms. The van der Waals surface area contributed by atoms with Crippen molar-refractivity contribution in [1.29, 1.82) is 0 Å². The zero-order valence-corrected chi connectivity index (χ0v) is 7.82. The molecule has 0 heterocycles. The number of hydrogen-bond acceptors (Lipinski definition) is 2. The van der Waals surface area contributed by atoms with E-state index in [1.165, 1.54) is 5.69 Å². The van der Waals surface area contributed by atoms with Crippen LogP contribution in [0.2, 0.25) is 0 Å². The predicted octanol–water partition coefficient (Wildman–Crippen LogP) is 2.12. The molecule has 0 fully saturated rings. The predicted molar refractivity (Wildman–Crippen MR) is 51.3 cm³/mol. The van der Waals surface area contributed by atoms with E-state index in [0.717, 1.165) is 0 Å². The Hall–Kier alpha value is -1.02. The second-order valence-corrected chi connectivity index (χ2v) is 2.78. The quantitative estimate of drug-likeness (QED) is 0.636. The minimum Gasteiger partial charge on any atom is -0.362 e. The first-order valence-electron chi connectivity index (χ1n) is 4.06. The van der Waals surface area contributed by atoms with Gasteiger partial charge in [0, 0.05) is 19.8 Å². The van der Waals surface area contributed by atoms with Crippen LogP contribution in [0.1, 0.15) is 6.92 Å². The van der Waals surface area contributed by atoms with Crippen LogP contribution < -0.4 is 4.90 Å². The zero-order valence-electron chi connectivity index (χ0n) is 7.82. The van der Waals surface area contributed by atoms with E-state index in [1.54, 1.807) is 7.11 Å². The number of nitrogens with zero attached hydrogens (tertiary/aromatic N) is 1. The van der Waals surface area contributed by atoms with Crippen molar-refractivity contribution >= 4 is 5.69 Å². The third kappa shape index (κ3) is 1.98. The molecule has 1 unspecified atom stereocenters. The molecule has 2 heteroatoms. The van der Waals surface area contributed by atoms with Crippen LogP contribution in [0.25, 0.3) is 0 Å². The van der Waals surface area contributed by atoms with E-state index in [9.17, 15) is 0 Å². The molecule has 0 saturated heterocycles. The summed E-state index contributed by atoms with van der Waals surface area (Å²) < 4.78 is 5.19. The van der Waals surface area contributed by atoms with Gasteiger partial charge in [-0.1, -0.05) is 18.2 Å². The Balaban J connectivity index is 2.71. The minimum atomic E-state index is 0.118. The molecule has 1 aromatic carbocycles. The second kappa shape index (κ2) is 4.12. The molecule has 0 aliphatic rings. The van der Waals surface area contributed by atoms with Gasteiger partial charge in [-0.25, -0.2) is 0 Å². The lowest BCUT2D eigenvalue weighted by Gasteiger charge is -2.25. The van der Waals surface area contributed by atoms with Gasteiger partial charge in [0.05, 0.1) is 0 Å². The highest BCUT2D eigenvalue weighted by Gasteiger charge is 2.06. The Morgan fingerprint density at radius 2 is 1.83 bits per heavy atom. The highest BCUT2D eigenvalue weighted by atomic mass is 16.5. The van der Waals surface area contributed by atoms with E-state index in [2.05, 4.69) is 17.0 Å². The Kier molecular flexibility index (Phi) is 3.11. The van der Waals surface area contributed by atoms with Gasteiger partial charge in [-0.2, -0.15) is 0 Å². The lowest BCUT2D eigenvalue weighted by molar-refractivity contribution is 0.119. The summed E-state index contributed by atoms with van der Waals surface area (Å²) in [7, 11) is 3.73. The van der Waals surface area contributed by atoms with Gasteiger partial charge in [-0.15, -0.1) is 0 Å². The summed E-state index contributed by atoms with van der Waals surface area (Å²) in [5.74, 6) is 0. The fourth-order valence-electron chi connectivity index (χ4n) is 1.03. The lowest BCUT2D eigenvalue weighted by atomic mass is 10.3. The molecule has 0 saturated carbocycles. The molecular formula is C10H15NO. The molecule has 66 valence electrons.